The lowest BCUT2D eigenvalue weighted by molar-refractivity contribution is -0.141. The van der Waals surface area contributed by atoms with Crippen molar-refractivity contribution in [1.82, 2.24) is 16.0 Å². The minimum Gasteiger partial charge on any atom is -0.345 e. The van der Waals surface area contributed by atoms with Crippen LogP contribution in [0.5, 0.6) is 0 Å². The maximum Gasteiger partial charge on any atom is 0.309 e. The lowest BCUT2D eigenvalue weighted by Crippen LogP contribution is -2.63. The minimum atomic E-state index is -0.543. The van der Waals surface area contributed by atoms with E-state index in [0.717, 1.165) is 19.3 Å². The summed E-state index contributed by atoms with van der Waals surface area (Å²) in [5.41, 5.74) is -0.473. The first-order chi connectivity index (χ1) is 10.5. The molecule has 1 saturated heterocycles. The third-order valence-corrected chi connectivity index (χ3v) is 4.16. The Hall–Kier alpha value is -1.10. The number of hydrogen-bond donors (Lipinski definition) is 3. The van der Waals surface area contributed by atoms with Crippen molar-refractivity contribution in [2.24, 2.45) is 5.41 Å². The number of nitrogens with one attached hydrogen (secondary N) is 3. The molecular formula is C19H37N3O2. The number of carbonyl (C=O) groups excluding carboxylic acids is 2. The zero-order chi connectivity index (χ0) is 19.0. The number of amides is 2. The molecule has 0 atom stereocenters. The number of piperidine rings is 1. The molecule has 1 rings (SSSR count). The molecule has 24 heavy (non-hydrogen) atoms. The highest BCUT2D eigenvalue weighted by atomic mass is 16.2. The summed E-state index contributed by atoms with van der Waals surface area (Å²) in [7, 11) is 0. The molecule has 0 unspecified atom stereocenters. The van der Waals surface area contributed by atoms with Crippen molar-refractivity contribution in [3.8, 4) is 0 Å². The average Bonchev–Trinajstić information content (AvgIpc) is 2.18. The van der Waals surface area contributed by atoms with Crippen LogP contribution in [0.15, 0.2) is 0 Å². The SMILES string of the molecule is CC(C)(C)CC(C)(C)NC(=O)C(=O)NC1CC(C)(C)NC(C)(C)C1. The van der Waals surface area contributed by atoms with Gasteiger partial charge in [0.2, 0.25) is 0 Å². The molecule has 140 valence electrons. The van der Waals surface area contributed by atoms with Crippen molar-refractivity contribution >= 4 is 11.8 Å². The number of hydrogen-bond acceptors (Lipinski definition) is 3. The van der Waals surface area contributed by atoms with Crippen molar-refractivity contribution in [3.05, 3.63) is 0 Å². The maximum absolute atomic E-state index is 12.3. The van der Waals surface area contributed by atoms with Crippen LogP contribution < -0.4 is 16.0 Å². The maximum atomic E-state index is 12.3. The fraction of sp³-hybridized carbons (Fsp3) is 0.895. The van der Waals surface area contributed by atoms with E-state index in [-0.39, 0.29) is 22.5 Å². The Morgan fingerprint density at radius 1 is 0.958 bits per heavy atom. The van der Waals surface area contributed by atoms with Crippen LogP contribution in [0.2, 0.25) is 0 Å². The van der Waals surface area contributed by atoms with Crippen molar-refractivity contribution in [3.63, 3.8) is 0 Å². The van der Waals surface area contributed by atoms with E-state index >= 15 is 0 Å². The zero-order valence-electron chi connectivity index (χ0n) is 17.0. The van der Waals surface area contributed by atoms with Gasteiger partial charge in [0.1, 0.15) is 0 Å². The van der Waals surface area contributed by atoms with Crippen LogP contribution in [0, 0.1) is 5.41 Å². The van der Waals surface area contributed by atoms with E-state index in [9.17, 15) is 9.59 Å². The van der Waals surface area contributed by atoms with Crippen LogP contribution in [0.3, 0.4) is 0 Å². The second kappa shape index (κ2) is 6.66. The molecule has 5 heteroatoms. The Labute approximate surface area is 147 Å². The number of carbonyl (C=O) groups is 2. The Morgan fingerprint density at radius 3 is 1.83 bits per heavy atom. The highest BCUT2D eigenvalue weighted by Crippen LogP contribution is 2.29. The highest BCUT2D eigenvalue weighted by molar-refractivity contribution is 6.35. The second-order valence-corrected chi connectivity index (χ2v) is 10.5. The van der Waals surface area contributed by atoms with Crippen LogP contribution in [-0.4, -0.2) is 34.5 Å². The predicted molar refractivity (Wildman–Crippen MR) is 98.8 cm³/mol. The van der Waals surface area contributed by atoms with E-state index in [1.54, 1.807) is 0 Å². The lowest BCUT2D eigenvalue weighted by atomic mass is 9.79. The molecule has 0 aromatic heterocycles. The normalized spacial score (nSPS) is 21.2. The monoisotopic (exact) mass is 339 g/mol. The number of rotatable bonds is 3. The van der Waals surface area contributed by atoms with Gasteiger partial charge in [-0.3, -0.25) is 9.59 Å². The molecule has 0 aromatic rings. The Bertz CT molecular complexity index is 471. The van der Waals surface area contributed by atoms with Gasteiger partial charge in [-0.15, -0.1) is 0 Å². The fourth-order valence-corrected chi connectivity index (χ4v) is 4.41. The molecular weight excluding hydrogens is 302 g/mol. The molecule has 0 spiro atoms. The van der Waals surface area contributed by atoms with E-state index < -0.39 is 17.4 Å². The standard InChI is InChI=1S/C19H37N3O2/c1-16(2,3)12-19(8,9)21-15(24)14(23)20-13-10-17(4,5)22-18(6,7)11-13/h13,22H,10-12H2,1-9H3,(H,20,23)(H,21,24). The van der Waals surface area contributed by atoms with Crippen molar-refractivity contribution in [2.75, 3.05) is 0 Å². The van der Waals surface area contributed by atoms with Crippen LogP contribution in [0.4, 0.5) is 0 Å². The Morgan fingerprint density at radius 2 is 1.42 bits per heavy atom. The summed E-state index contributed by atoms with van der Waals surface area (Å²) in [6, 6.07) is 0.000211. The Balaban J connectivity index is 2.66. The molecule has 1 heterocycles. The molecule has 1 fully saturated rings. The topological polar surface area (TPSA) is 70.2 Å². The third-order valence-electron chi connectivity index (χ3n) is 4.16. The summed E-state index contributed by atoms with van der Waals surface area (Å²) in [4.78, 5) is 24.6. The van der Waals surface area contributed by atoms with Gasteiger partial charge in [0.05, 0.1) is 0 Å². The summed E-state index contributed by atoms with van der Waals surface area (Å²) in [5.74, 6) is -1.08. The smallest absolute Gasteiger partial charge is 0.309 e. The lowest BCUT2D eigenvalue weighted by Gasteiger charge is -2.46. The first kappa shape index (κ1) is 20.9. The van der Waals surface area contributed by atoms with Crippen molar-refractivity contribution in [2.45, 2.75) is 104 Å². The predicted octanol–water partition coefficient (Wildman–Crippen LogP) is 2.74. The first-order valence-electron chi connectivity index (χ1n) is 8.93. The van der Waals surface area contributed by atoms with E-state index in [2.05, 4.69) is 64.4 Å². The van der Waals surface area contributed by atoms with Crippen molar-refractivity contribution in [1.29, 1.82) is 0 Å². The van der Waals surface area contributed by atoms with E-state index in [0.29, 0.717) is 0 Å². The molecule has 0 aromatic carbocycles. The summed E-state index contributed by atoms with van der Waals surface area (Å²) < 4.78 is 0. The van der Waals surface area contributed by atoms with Gasteiger partial charge in [-0.05, 0) is 66.2 Å². The molecule has 0 bridgehead atoms. The van der Waals surface area contributed by atoms with Gasteiger partial charge >= 0.3 is 11.8 Å². The molecule has 0 aliphatic carbocycles. The molecule has 0 saturated carbocycles. The molecule has 3 N–H and O–H groups in total. The molecule has 0 radical (unpaired) electrons. The quantitative estimate of drug-likeness (QED) is 0.693. The first-order valence-corrected chi connectivity index (χ1v) is 8.93. The summed E-state index contributed by atoms with van der Waals surface area (Å²) >= 11 is 0. The van der Waals surface area contributed by atoms with Crippen LogP contribution in [-0.2, 0) is 9.59 Å². The molecule has 2 amide bonds. The van der Waals surface area contributed by atoms with Crippen LogP contribution >= 0.6 is 0 Å². The highest BCUT2D eigenvalue weighted by Gasteiger charge is 2.39. The summed E-state index contributed by atoms with van der Waals surface area (Å²) in [6.07, 6.45) is 2.41. The van der Waals surface area contributed by atoms with Crippen LogP contribution in [0.1, 0.15) is 81.6 Å². The average molecular weight is 340 g/mol. The van der Waals surface area contributed by atoms with Gasteiger partial charge in [-0.1, -0.05) is 20.8 Å². The van der Waals surface area contributed by atoms with Gasteiger partial charge in [0, 0.05) is 22.7 Å². The fourth-order valence-electron chi connectivity index (χ4n) is 4.41. The zero-order valence-corrected chi connectivity index (χ0v) is 17.0. The molecule has 1 aliphatic heterocycles. The van der Waals surface area contributed by atoms with Gasteiger partial charge in [0.25, 0.3) is 0 Å². The molecule has 1 aliphatic rings. The van der Waals surface area contributed by atoms with E-state index in [1.807, 2.05) is 13.8 Å². The Kier molecular flexibility index (Phi) is 5.81. The summed E-state index contributed by atoms with van der Waals surface area (Å²) in [5, 5.41) is 9.38. The van der Waals surface area contributed by atoms with Crippen molar-refractivity contribution < 1.29 is 9.59 Å². The largest absolute Gasteiger partial charge is 0.345 e. The summed E-state index contributed by atoms with van der Waals surface area (Å²) in [6.45, 7) is 18.8. The van der Waals surface area contributed by atoms with E-state index in [4.69, 9.17) is 0 Å². The van der Waals surface area contributed by atoms with E-state index in [1.165, 1.54) is 0 Å². The van der Waals surface area contributed by atoms with Gasteiger partial charge in [-0.25, -0.2) is 0 Å². The second-order valence-electron chi connectivity index (χ2n) is 10.5. The van der Waals surface area contributed by atoms with Gasteiger partial charge < -0.3 is 16.0 Å². The van der Waals surface area contributed by atoms with Gasteiger partial charge in [-0.2, -0.15) is 0 Å². The minimum absolute atomic E-state index is 0.000211. The molecule has 5 nitrogen and oxygen atoms in total. The van der Waals surface area contributed by atoms with Crippen LogP contribution in [0.25, 0.3) is 0 Å². The van der Waals surface area contributed by atoms with Gasteiger partial charge in [0.15, 0.2) is 0 Å². The third kappa shape index (κ3) is 7.20.